The zero-order valence-corrected chi connectivity index (χ0v) is 23.0. The second kappa shape index (κ2) is 11.4. The topological polar surface area (TPSA) is 85.0 Å². The first-order chi connectivity index (χ1) is 18.5. The summed E-state index contributed by atoms with van der Waals surface area (Å²) in [6.07, 6.45) is 5.95. The van der Waals surface area contributed by atoms with Crippen molar-refractivity contribution < 1.29 is 9.47 Å². The van der Waals surface area contributed by atoms with Crippen molar-refractivity contribution in [3.05, 3.63) is 71.6 Å². The van der Waals surface area contributed by atoms with Crippen molar-refractivity contribution >= 4 is 68.0 Å². The first-order valence-electron chi connectivity index (χ1n) is 11.8. The van der Waals surface area contributed by atoms with E-state index in [9.17, 15) is 5.26 Å². The van der Waals surface area contributed by atoms with Crippen LogP contribution in [-0.4, -0.2) is 34.1 Å². The van der Waals surface area contributed by atoms with E-state index in [4.69, 9.17) is 32.7 Å². The molecule has 0 radical (unpaired) electrons. The average molecular weight is 564 g/mol. The summed E-state index contributed by atoms with van der Waals surface area (Å²) in [6, 6.07) is 15.7. The fourth-order valence-corrected chi connectivity index (χ4v) is 5.37. The Kier molecular flexibility index (Phi) is 7.79. The molecule has 2 heterocycles. The van der Waals surface area contributed by atoms with Crippen molar-refractivity contribution in [3.63, 3.8) is 0 Å². The lowest BCUT2D eigenvalue weighted by Gasteiger charge is -2.16. The molecule has 1 N–H and O–H groups in total. The van der Waals surface area contributed by atoms with Crippen LogP contribution in [0.2, 0.25) is 5.02 Å². The van der Waals surface area contributed by atoms with E-state index in [1.54, 1.807) is 19.5 Å². The maximum Gasteiger partial charge on any atom is 0.172 e. The third-order valence-electron chi connectivity index (χ3n) is 5.99. The third-order valence-corrected chi connectivity index (χ3v) is 7.83. The Morgan fingerprint density at radius 2 is 1.92 bits per heavy atom. The van der Waals surface area contributed by atoms with Gasteiger partial charge in [-0.15, -0.1) is 11.6 Å². The molecule has 0 saturated heterocycles. The van der Waals surface area contributed by atoms with E-state index in [0.717, 1.165) is 43.8 Å². The first kappa shape index (κ1) is 26.0. The number of nitrogens with one attached hydrogen (secondary N) is 1. The maximum atomic E-state index is 9.84. The summed E-state index contributed by atoms with van der Waals surface area (Å²) in [7, 11) is 3.55. The van der Waals surface area contributed by atoms with E-state index < -0.39 is 0 Å². The van der Waals surface area contributed by atoms with Crippen molar-refractivity contribution in [1.29, 1.82) is 5.26 Å². The number of aromatic nitrogens is 3. The van der Waals surface area contributed by atoms with Gasteiger partial charge in [0.2, 0.25) is 0 Å². The van der Waals surface area contributed by atoms with Gasteiger partial charge >= 0.3 is 0 Å². The minimum atomic E-state index is 0.424. The molecule has 10 heteroatoms. The molecule has 0 aliphatic heterocycles. The van der Waals surface area contributed by atoms with Crippen LogP contribution in [0, 0.1) is 11.3 Å². The molecule has 0 saturated carbocycles. The van der Waals surface area contributed by atoms with Crippen molar-refractivity contribution in [1.82, 2.24) is 14.5 Å². The molecule has 192 valence electrons. The summed E-state index contributed by atoms with van der Waals surface area (Å²) in [6.45, 7) is 0.498. The number of fused-ring (bicyclic) bond motifs is 3. The van der Waals surface area contributed by atoms with Crippen molar-refractivity contribution in [2.45, 2.75) is 16.5 Å². The molecule has 0 fully saturated rings. The molecule has 5 rings (SSSR count). The number of hydrogen-bond acceptors (Lipinski definition) is 7. The van der Waals surface area contributed by atoms with Crippen LogP contribution in [0.1, 0.15) is 12.0 Å². The second-order valence-corrected chi connectivity index (χ2v) is 10.2. The van der Waals surface area contributed by atoms with E-state index >= 15 is 0 Å². The summed E-state index contributed by atoms with van der Waals surface area (Å²) < 4.78 is 13.5. The number of rotatable bonds is 9. The molecule has 5 aromatic rings. The van der Waals surface area contributed by atoms with Gasteiger partial charge < -0.3 is 19.4 Å². The molecule has 0 bridgehead atoms. The van der Waals surface area contributed by atoms with Crippen LogP contribution < -0.4 is 14.8 Å². The molecule has 0 spiro atoms. The summed E-state index contributed by atoms with van der Waals surface area (Å²) in [5.74, 6) is 1.81. The molecule has 38 heavy (non-hydrogen) atoms. The fourth-order valence-electron chi connectivity index (χ4n) is 4.16. The van der Waals surface area contributed by atoms with E-state index in [-0.39, 0.29) is 0 Å². The monoisotopic (exact) mass is 563 g/mol. The Morgan fingerprint density at radius 3 is 2.63 bits per heavy atom. The van der Waals surface area contributed by atoms with Gasteiger partial charge in [-0.1, -0.05) is 23.4 Å². The zero-order valence-electron chi connectivity index (χ0n) is 20.7. The number of benzene rings is 3. The number of anilines is 2. The molecule has 2 aromatic heterocycles. The van der Waals surface area contributed by atoms with Crippen molar-refractivity contribution in [2.75, 3.05) is 24.9 Å². The Bertz CT molecular complexity index is 1680. The van der Waals surface area contributed by atoms with Gasteiger partial charge in [0.15, 0.2) is 16.7 Å². The van der Waals surface area contributed by atoms with Gasteiger partial charge in [0.05, 0.1) is 35.5 Å². The molecule has 0 unspecified atom stereocenters. The Morgan fingerprint density at radius 1 is 1.11 bits per heavy atom. The predicted octanol–water partition coefficient (Wildman–Crippen LogP) is 7.56. The highest BCUT2D eigenvalue weighted by molar-refractivity contribution is 7.99. The smallest absolute Gasteiger partial charge is 0.172 e. The number of pyridine rings is 1. The van der Waals surface area contributed by atoms with E-state index in [1.807, 2.05) is 60.3 Å². The van der Waals surface area contributed by atoms with Gasteiger partial charge in [-0.2, -0.15) is 5.26 Å². The lowest BCUT2D eigenvalue weighted by atomic mass is 10.0. The lowest BCUT2D eigenvalue weighted by Crippen LogP contribution is -2.01. The van der Waals surface area contributed by atoms with Gasteiger partial charge in [-0.05, 0) is 48.9 Å². The van der Waals surface area contributed by atoms with Gasteiger partial charge in [0.1, 0.15) is 6.07 Å². The normalized spacial score (nSPS) is 11.0. The molecule has 7 nitrogen and oxygen atoms in total. The molecular weight excluding hydrogens is 541 g/mol. The van der Waals surface area contributed by atoms with Gasteiger partial charge in [0, 0.05) is 58.3 Å². The minimum Gasteiger partial charge on any atom is -0.492 e. The summed E-state index contributed by atoms with van der Waals surface area (Å²) in [5.41, 5.74) is 2.57. The Hall–Kier alpha value is -3.64. The Labute approximate surface area is 234 Å². The van der Waals surface area contributed by atoms with Crippen molar-refractivity contribution in [3.8, 4) is 17.6 Å². The number of nitriles is 1. The van der Waals surface area contributed by atoms with Crippen LogP contribution in [0.3, 0.4) is 0 Å². The number of aryl methyl sites for hydroxylation is 1. The average Bonchev–Trinajstić information content (AvgIpc) is 3.33. The summed E-state index contributed by atoms with van der Waals surface area (Å²) >= 11 is 13.9. The van der Waals surface area contributed by atoms with Gasteiger partial charge in [-0.25, -0.2) is 4.98 Å². The van der Waals surface area contributed by atoms with E-state index in [2.05, 4.69) is 21.4 Å². The predicted molar refractivity (Wildman–Crippen MR) is 153 cm³/mol. The number of hydrogen-bond donors (Lipinski definition) is 1. The second-order valence-electron chi connectivity index (χ2n) is 8.40. The number of alkyl halides is 1. The highest BCUT2D eigenvalue weighted by Gasteiger charge is 2.17. The number of imidazole rings is 1. The lowest BCUT2D eigenvalue weighted by molar-refractivity contribution is 0.297. The standard InChI is InChI=1S/C28H23Cl2N5O2S/c1-35-12-11-32-28(35)38-24-9-4-18(14-22(24)30)34-25-17(15-31)16-33-26-19-7-8-23(37-13-3-10-29)27(36-2)20(19)5-6-21(25)26/h4-9,11-12,14,16H,3,10,13H2,1-2H3,(H,33,34). The molecule has 3 aromatic carbocycles. The zero-order chi connectivity index (χ0) is 26.6. The summed E-state index contributed by atoms with van der Waals surface area (Å²) in [4.78, 5) is 9.86. The molecule has 0 atom stereocenters. The molecular formula is C28H23Cl2N5O2S. The van der Waals surface area contributed by atoms with Crippen molar-refractivity contribution in [2.24, 2.45) is 7.05 Å². The van der Waals surface area contributed by atoms with Crippen LogP contribution in [-0.2, 0) is 7.05 Å². The van der Waals surface area contributed by atoms with E-state index in [1.165, 1.54) is 11.8 Å². The highest BCUT2D eigenvalue weighted by Crippen LogP contribution is 2.41. The summed E-state index contributed by atoms with van der Waals surface area (Å²) in [5, 5.41) is 17.2. The molecule has 0 aliphatic rings. The third kappa shape index (κ3) is 5.05. The number of ether oxygens (including phenoxy) is 2. The molecule has 0 amide bonds. The van der Waals surface area contributed by atoms with Crippen LogP contribution in [0.5, 0.6) is 11.5 Å². The van der Waals surface area contributed by atoms with Gasteiger partial charge in [0.25, 0.3) is 0 Å². The van der Waals surface area contributed by atoms with Crippen LogP contribution >= 0.6 is 35.0 Å². The first-order valence-corrected chi connectivity index (χ1v) is 13.5. The molecule has 0 aliphatic carbocycles. The number of methoxy groups -OCH3 is 1. The van der Waals surface area contributed by atoms with Gasteiger partial charge in [-0.3, -0.25) is 4.98 Å². The quantitative estimate of drug-likeness (QED) is 0.112. The Balaban J connectivity index is 1.53. The van der Waals surface area contributed by atoms with Crippen LogP contribution in [0.4, 0.5) is 11.4 Å². The van der Waals surface area contributed by atoms with Crippen LogP contribution in [0.15, 0.2) is 71.1 Å². The van der Waals surface area contributed by atoms with Crippen LogP contribution in [0.25, 0.3) is 21.7 Å². The fraction of sp³-hybridized carbons (Fsp3) is 0.179. The largest absolute Gasteiger partial charge is 0.492 e. The SMILES string of the molecule is COc1c(OCCCCl)ccc2c1ccc1c(Nc3ccc(Sc4nccn4C)c(Cl)c3)c(C#N)cnc12. The minimum absolute atomic E-state index is 0.424. The maximum absolute atomic E-state index is 9.84. The van der Waals surface area contributed by atoms with E-state index in [0.29, 0.717) is 40.3 Å². The number of halogens is 2. The number of nitrogens with zero attached hydrogens (tertiary/aromatic N) is 4. The highest BCUT2D eigenvalue weighted by atomic mass is 35.5.